The Labute approximate surface area is 150 Å². The third kappa shape index (κ3) is 255. The summed E-state index contributed by atoms with van der Waals surface area (Å²) in [6.45, 7) is 9.67. The Bertz CT molecular complexity index is 144. The molecule has 0 saturated heterocycles. The molecule has 0 heterocycles. The van der Waals surface area contributed by atoms with Crippen molar-refractivity contribution >= 4 is 0 Å². The van der Waals surface area contributed by atoms with E-state index in [1.807, 2.05) is 12.2 Å². The Balaban J connectivity index is -0.0000000236. The van der Waals surface area contributed by atoms with Crippen molar-refractivity contribution < 1.29 is 37.0 Å². The van der Waals surface area contributed by atoms with E-state index in [4.69, 9.17) is 0 Å². The first kappa shape index (κ1) is 42.9. The minimum Gasteiger partial charge on any atom is -0.852 e. The summed E-state index contributed by atoms with van der Waals surface area (Å²) in [5, 5.41) is 28.6. The van der Waals surface area contributed by atoms with Crippen LogP contribution in [0.5, 0.6) is 0 Å². The van der Waals surface area contributed by atoms with Gasteiger partial charge in [0.2, 0.25) is 0 Å². The zero-order valence-corrected chi connectivity index (χ0v) is 17.0. The molecule has 0 fully saturated rings. The first-order valence-corrected chi connectivity index (χ1v) is 5.89. The molecule has 0 bridgehead atoms. The Morgan fingerprint density at radius 1 is 0.762 bits per heavy atom. The second kappa shape index (κ2) is 36.9. The minimum absolute atomic E-state index is 0. The molecular formula is C17H35O3Ti-4. The molecule has 1 aliphatic carbocycles. The van der Waals surface area contributed by atoms with Gasteiger partial charge in [0.15, 0.2) is 0 Å². The third-order valence-electron chi connectivity index (χ3n) is 0.586. The van der Waals surface area contributed by atoms with Gasteiger partial charge in [0.1, 0.15) is 0 Å². The Kier molecular flexibility index (Phi) is 75.3. The van der Waals surface area contributed by atoms with Crippen molar-refractivity contribution in [3.05, 3.63) is 46.6 Å². The number of rotatable bonds is 0. The molecule has 0 spiro atoms. The van der Waals surface area contributed by atoms with E-state index in [9.17, 15) is 15.3 Å². The zero-order valence-electron chi connectivity index (χ0n) is 15.4. The molecule has 0 aromatic heterocycles. The largest absolute Gasteiger partial charge is 3.00 e. The number of allylic oxidation sites excluding steroid dienone is 4. The molecule has 1 aliphatic rings. The third-order valence-corrected chi connectivity index (χ3v) is 0.586. The molecule has 129 valence electrons. The standard InChI is InChI=1S/C5H5.3C3H7O.3CH3.Ti/c1-2-4-5-3-1;3*1-3(2)4;;;;/h1-3H,4H2;3*3H,1-2H3;3*1H3;/q7*-1;+3. The van der Waals surface area contributed by atoms with Crippen molar-refractivity contribution in [2.24, 2.45) is 0 Å². The van der Waals surface area contributed by atoms with Crippen LogP contribution >= 0.6 is 0 Å². The monoisotopic (exact) mass is 335 g/mol. The van der Waals surface area contributed by atoms with Gasteiger partial charge in [-0.25, -0.2) is 12.2 Å². The van der Waals surface area contributed by atoms with Crippen LogP contribution in [0.25, 0.3) is 0 Å². The van der Waals surface area contributed by atoms with E-state index in [1.54, 1.807) is 41.5 Å². The van der Waals surface area contributed by atoms with Gasteiger partial charge in [-0.05, 0) is 0 Å². The number of hydrogen-bond donors (Lipinski definition) is 0. The second-order valence-corrected chi connectivity index (χ2v) is 4.15. The average Bonchev–Trinajstić information content (AvgIpc) is 2.53. The minimum atomic E-state index is -0.417. The molecule has 0 N–H and O–H groups in total. The summed E-state index contributed by atoms with van der Waals surface area (Å²) in [6, 6.07) is 0. The molecule has 0 amide bonds. The second-order valence-electron chi connectivity index (χ2n) is 4.15. The van der Waals surface area contributed by atoms with E-state index >= 15 is 0 Å². The summed E-state index contributed by atoms with van der Waals surface area (Å²) >= 11 is 0. The van der Waals surface area contributed by atoms with E-state index in [1.165, 1.54) is 0 Å². The van der Waals surface area contributed by atoms with Crippen LogP contribution in [-0.4, -0.2) is 18.3 Å². The van der Waals surface area contributed by atoms with Crippen LogP contribution in [-0.2, 0) is 21.7 Å². The molecule has 0 unspecified atom stereocenters. The fraction of sp³-hybridized carbons (Fsp3) is 0.588. The SMILES string of the molecule is CC(C)[O-].CC(C)[O-].CC(C)[O-].[C-]1=CC=CC1.[CH3-].[CH3-].[CH3-].[Ti+3]. The van der Waals surface area contributed by atoms with Gasteiger partial charge in [0.25, 0.3) is 0 Å². The van der Waals surface area contributed by atoms with Crippen LogP contribution in [0.15, 0.2) is 18.2 Å². The summed E-state index contributed by atoms with van der Waals surface area (Å²) in [5.74, 6) is 0. The maximum absolute atomic E-state index is 9.53. The summed E-state index contributed by atoms with van der Waals surface area (Å²) in [5.41, 5.74) is 0. The molecule has 0 saturated carbocycles. The maximum Gasteiger partial charge on any atom is 3.00 e. The predicted octanol–water partition coefficient (Wildman–Crippen LogP) is 1.92. The summed E-state index contributed by atoms with van der Waals surface area (Å²) in [6.07, 6.45) is 8.75. The normalized spacial score (nSPS) is 9.33. The van der Waals surface area contributed by atoms with Gasteiger partial charge in [-0.3, -0.25) is 6.08 Å². The fourth-order valence-corrected chi connectivity index (χ4v) is 0.340. The summed E-state index contributed by atoms with van der Waals surface area (Å²) in [4.78, 5) is 0. The molecule has 0 atom stereocenters. The first-order valence-electron chi connectivity index (χ1n) is 5.89. The Hall–Kier alpha value is 0.0743. The van der Waals surface area contributed by atoms with Crippen molar-refractivity contribution in [3.63, 3.8) is 0 Å². The summed E-state index contributed by atoms with van der Waals surface area (Å²) in [7, 11) is 0. The molecule has 0 aliphatic heterocycles. The fourth-order valence-electron chi connectivity index (χ4n) is 0.340. The molecule has 21 heavy (non-hydrogen) atoms. The van der Waals surface area contributed by atoms with Gasteiger partial charge >= 0.3 is 21.7 Å². The van der Waals surface area contributed by atoms with Crippen molar-refractivity contribution in [2.75, 3.05) is 0 Å². The molecule has 4 heteroatoms. The predicted molar refractivity (Wildman–Crippen MR) is 86.2 cm³/mol. The molecular weight excluding hydrogens is 300 g/mol. The first-order chi connectivity index (χ1) is 7.70. The van der Waals surface area contributed by atoms with Crippen LogP contribution in [0.2, 0.25) is 0 Å². The maximum atomic E-state index is 9.53. The van der Waals surface area contributed by atoms with Crippen LogP contribution in [0.1, 0.15) is 48.0 Å². The van der Waals surface area contributed by atoms with E-state index < -0.39 is 18.3 Å². The van der Waals surface area contributed by atoms with Crippen LogP contribution in [0.3, 0.4) is 0 Å². The molecule has 3 nitrogen and oxygen atoms in total. The van der Waals surface area contributed by atoms with Gasteiger partial charge in [-0.15, -0.1) is 24.7 Å². The van der Waals surface area contributed by atoms with Gasteiger partial charge in [0.05, 0.1) is 0 Å². The van der Waals surface area contributed by atoms with Crippen molar-refractivity contribution in [3.8, 4) is 0 Å². The van der Waals surface area contributed by atoms with Crippen molar-refractivity contribution in [1.29, 1.82) is 0 Å². The topological polar surface area (TPSA) is 69.2 Å². The van der Waals surface area contributed by atoms with Crippen LogP contribution in [0.4, 0.5) is 0 Å². The van der Waals surface area contributed by atoms with Gasteiger partial charge in [0, 0.05) is 0 Å². The van der Waals surface area contributed by atoms with Crippen molar-refractivity contribution in [2.45, 2.75) is 66.3 Å². The van der Waals surface area contributed by atoms with Crippen LogP contribution < -0.4 is 15.3 Å². The molecule has 1 radical (unpaired) electrons. The van der Waals surface area contributed by atoms with Gasteiger partial charge in [-0.1, -0.05) is 41.5 Å². The van der Waals surface area contributed by atoms with E-state index in [2.05, 4.69) is 12.2 Å². The number of hydrogen-bond acceptors (Lipinski definition) is 3. The van der Waals surface area contributed by atoms with Gasteiger partial charge in [-0.2, -0.15) is 6.08 Å². The molecule has 0 aromatic carbocycles. The quantitative estimate of drug-likeness (QED) is 0.502. The van der Waals surface area contributed by atoms with Crippen molar-refractivity contribution in [1.82, 2.24) is 0 Å². The van der Waals surface area contributed by atoms with E-state index in [0.29, 0.717) is 0 Å². The summed E-state index contributed by atoms with van der Waals surface area (Å²) < 4.78 is 0. The van der Waals surface area contributed by atoms with E-state index in [-0.39, 0.29) is 44.0 Å². The van der Waals surface area contributed by atoms with Crippen LogP contribution in [0, 0.1) is 28.4 Å². The average molecular weight is 335 g/mol. The smallest absolute Gasteiger partial charge is 0.852 e. The Morgan fingerprint density at radius 2 is 1.00 bits per heavy atom. The van der Waals surface area contributed by atoms with E-state index in [0.717, 1.165) is 6.42 Å². The van der Waals surface area contributed by atoms with Gasteiger partial charge < -0.3 is 37.6 Å². The zero-order chi connectivity index (χ0) is 14.3. The molecule has 0 aromatic rings. The Morgan fingerprint density at radius 3 is 1.05 bits per heavy atom. The molecule has 1 rings (SSSR count).